The molecule has 1 fully saturated rings. The minimum atomic E-state index is -0.670. The lowest BCUT2D eigenvalue weighted by molar-refractivity contribution is -0.384. The molecule has 0 bridgehead atoms. The van der Waals surface area contributed by atoms with Crippen LogP contribution in [0.2, 0.25) is 0 Å². The average molecular weight is 530 g/mol. The number of hydrogen-bond acceptors (Lipinski definition) is 8. The first-order valence-corrected chi connectivity index (χ1v) is 12.8. The fourth-order valence-electron chi connectivity index (χ4n) is 4.24. The van der Waals surface area contributed by atoms with Crippen molar-refractivity contribution in [2.24, 2.45) is 4.99 Å². The number of amides is 1. The van der Waals surface area contributed by atoms with E-state index >= 15 is 0 Å². The van der Waals surface area contributed by atoms with Gasteiger partial charge in [0.1, 0.15) is 23.4 Å². The van der Waals surface area contributed by atoms with Crippen molar-refractivity contribution in [3.8, 4) is 5.75 Å². The van der Waals surface area contributed by atoms with Crippen molar-refractivity contribution in [3.63, 3.8) is 0 Å². The molecule has 0 aliphatic carbocycles. The van der Waals surface area contributed by atoms with E-state index in [1.165, 1.54) is 35.0 Å². The van der Waals surface area contributed by atoms with Gasteiger partial charge in [-0.25, -0.2) is 4.79 Å². The number of methoxy groups -OCH3 is 1. The van der Waals surface area contributed by atoms with Gasteiger partial charge in [0, 0.05) is 29.7 Å². The fraction of sp³-hybridized carbons (Fsp3) is 0.179. The highest BCUT2D eigenvalue weighted by Gasteiger charge is 2.54. The molecular formula is C28H23N3O6S. The molecular weight excluding hydrogens is 506 g/mol. The van der Waals surface area contributed by atoms with E-state index in [0.717, 1.165) is 16.7 Å². The number of nitrogens with zero attached hydrogens (tertiary/aromatic N) is 3. The highest BCUT2D eigenvalue weighted by Crippen LogP contribution is 2.44. The molecule has 2 aliphatic heterocycles. The van der Waals surface area contributed by atoms with E-state index in [1.807, 2.05) is 42.5 Å². The van der Waals surface area contributed by atoms with E-state index in [0.29, 0.717) is 17.1 Å². The van der Waals surface area contributed by atoms with Crippen LogP contribution in [0.1, 0.15) is 16.7 Å². The van der Waals surface area contributed by atoms with Crippen LogP contribution in [0.5, 0.6) is 5.75 Å². The topological polar surface area (TPSA) is 111 Å². The largest absolute Gasteiger partial charge is 0.497 e. The summed E-state index contributed by atoms with van der Waals surface area (Å²) in [6.07, 6.45) is 1.53. The van der Waals surface area contributed by atoms with Crippen molar-refractivity contribution in [1.82, 2.24) is 4.90 Å². The number of nitro groups is 1. The predicted molar refractivity (Wildman–Crippen MR) is 144 cm³/mol. The number of rotatable bonds is 8. The maximum Gasteiger partial charge on any atom is 0.355 e. The number of non-ortho nitro benzene ring substituents is 1. The van der Waals surface area contributed by atoms with E-state index in [-0.39, 0.29) is 29.3 Å². The molecule has 1 saturated heterocycles. The lowest BCUT2D eigenvalue weighted by Gasteiger charge is -2.48. The quantitative estimate of drug-likeness (QED) is 0.139. The number of ether oxygens (including phenoxy) is 2. The molecule has 1 amide bonds. The van der Waals surface area contributed by atoms with E-state index in [2.05, 4.69) is 4.99 Å². The zero-order valence-corrected chi connectivity index (χ0v) is 21.2. The summed E-state index contributed by atoms with van der Waals surface area (Å²) in [6.45, 7) is 0.0516. The Bertz CT molecular complexity index is 1420. The Kier molecular flexibility index (Phi) is 7.23. The lowest BCUT2D eigenvalue weighted by Crippen LogP contribution is -2.64. The van der Waals surface area contributed by atoms with Gasteiger partial charge in [-0.3, -0.25) is 24.8 Å². The van der Waals surface area contributed by atoms with Crippen molar-refractivity contribution in [1.29, 1.82) is 0 Å². The van der Waals surface area contributed by atoms with Crippen LogP contribution in [0.4, 0.5) is 5.69 Å². The zero-order valence-electron chi connectivity index (χ0n) is 20.4. The van der Waals surface area contributed by atoms with Crippen LogP contribution in [-0.4, -0.2) is 52.2 Å². The molecule has 2 heterocycles. The molecule has 9 nitrogen and oxygen atoms in total. The summed E-state index contributed by atoms with van der Waals surface area (Å²) in [5.74, 6) is 0.337. The Morgan fingerprint density at radius 2 is 1.82 bits per heavy atom. The number of benzene rings is 3. The van der Waals surface area contributed by atoms with Crippen LogP contribution in [0.3, 0.4) is 0 Å². The monoisotopic (exact) mass is 529 g/mol. The summed E-state index contributed by atoms with van der Waals surface area (Å²) in [5.41, 5.74) is 3.23. The molecule has 0 spiro atoms. The Labute approximate surface area is 222 Å². The number of aliphatic imine (C=N–C) groups is 1. The highest BCUT2D eigenvalue weighted by molar-refractivity contribution is 8.00. The van der Waals surface area contributed by atoms with Gasteiger partial charge in [0.15, 0.2) is 6.04 Å². The first kappa shape index (κ1) is 25.2. The van der Waals surface area contributed by atoms with Gasteiger partial charge >= 0.3 is 5.97 Å². The number of carbonyl (C=O) groups is 2. The average Bonchev–Trinajstić information content (AvgIpc) is 2.96. The van der Waals surface area contributed by atoms with Crippen LogP contribution in [0.15, 0.2) is 89.6 Å². The van der Waals surface area contributed by atoms with Crippen LogP contribution < -0.4 is 4.74 Å². The van der Waals surface area contributed by atoms with E-state index in [4.69, 9.17) is 9.47 Å². The number of thioether (sulfide) groups is 1. The second kappa shape index (κ2) is 10.9. The Morgan fingerprint density at radius 3 is 2.47 bits per heavy atom. The summed E-state index contributed by atoms with van der Waals surface area (Å²) in [5, 5.41) is 10.5. The predicted octanol–water partition coefficient (Wildman–Crippen LogP) is 4.46. The molecule has 3 aromatic rings. The van der Waals surface area contributed by atoms with Crippen LogP contribution in [-0.2, 0) is 20.9 Å². The van der Waals surface area contributed by atoms with Gasteiger partial charge in [0.05, 0.1) is 12.0 Å². The summed E-state index contributed by atoms with van der Waals surface area (Å²) in [7, 11) is 1.58. The molecule has 38 heavy (non-hydrogen) atoms. The number of carbonyl (C=O) groups excluding carboxylic acids is 2. The third kappa shape index (κ3) is 5.03. The third-order valence-corrected chi connectivity index (χ3v) is 7.54. The smallest absolute Gasteiger partial charge is 0.355 e. The number of β-lactam (4-membered cyclic amide) rings is 1. The van der Waals surface area contributed by atoms with Gasteiger partial charge in [-0.05, 0) is 41.0 Å². The molecule has 0 saturated carbocycles. The maximum atomic E-state index is 13.4. The summed E-state index contributed by atoms with van der Waals surface area (Å²) >= 11 is 1.53. The van der Waals surface area contributed by atoms with Gasteiger partial charge in [-0.1, -0.05) is 42.5 Å². The first-order valence-electron chi connectivity index (χ1n) is 11.8. The molecule has 0 aromatic heterocycles. The second-order valence-corrected chi connectivity index (χ2v) is 9.70. The molecule has 0 radical (unpaired) electrons. The first-order chi connectivity index (χ1) is 18.5. The lowest BCUT2D eigenvalue weighted by atomic mass is 9.99. The highest BCUT2D eigenvalue weighted by atomic mass is 32.2. The van der Waals surface area contributed by atoms with E-state index < -0.39 is 16.9 Å². The maximum absolute atomic E-state index is 13.4. The molecule has 10 heteroatoms. The van der Waals surface area contributed by atoms with Crippen LogP contribution in [0, 0.1) is 10.1 Å². The fourth-order valence-corrected chi connectivity index (χ4v) is 5.61. The third-order valence-electron chi connectivity index (χ3n) is 6.27. The van der Waals surface area contributed by atoms with Crippen molar-refractivity contribution < 1.29 is 24.0 Å². The molecule has 192 valence electrons. The molecule has 5 rings (SSSR count). The summed E-state index contributed by atoms with van der Waals surface area (Å²) < 4.78 is 10.8. The van der Waals surface area contributed by atoms with E-state index in [1.54, 1.807) is 31.4 Å². The standard InChI is InChI=1S/C28H23N3O6S/c1-36-22-13-9-19(10-14-22)16-37-28(33)25-23(20-5-3-2-4-6-20)17-38-27-24(26(32)30(25)27)29-15-18-7-11-21(12-8-18)31(34)35/h2-15,24,27H,16-17H2,1H3/b29-15+/t24-,27-/m1/s1. The van der Waals surface area contributed by atoms with Gasteiger partial charge in [-0.2, -0.15) is 0 Å². The van der Waals surface area contributed by atoms with Crippen LogP contribution in [0.25, 0.3) is 5.57 Å². The van der Waals surface area contributed by atoms with Crippen molar-refractivity contribution >= 4 is 41.1 Å². The second-order valence-electron chi connectivity index (χ2n) is 8.60. The van der Waals surface area contributed by atoms with Gasteiger partial charge in [0.2, 0.25) is 0 Å². The Morgan fingerprint density at radius 1 is 1.11 bits per heavy atom. The Hall–Kier alpha value is -4.44. The van der Waals surface area contributed by atoms with Crippen molar-refractivity contribution in [3.05, 3.63) is 111 Å². The molecule has 3 aromatic carbocycles. The number of esters is 1. The van der Waals surface area contributed by atoms with Crippen LogP contribution >= 0.6 is 11.8 Å². The van der Waals surface area contributed by atoms with Gasteiger partial charge < -0.3 is 9.47 Å². The molecule has 0 unspecified atom stereocenters. The Balaban J connectivity index is 1.37. The number of fused-ring (bicyclic) bond motifs is 1. The number of hydrogen-bond donors (Lipinski definition) is 0. The molecule has 2 atom stereocenters. The van der Waals surface area contributed by atoms with Gasteiger partial charge in [-0.15, -0.1) is 11.8 Å². The van der Waals surface area contributed by atoms with Crippen molar-refractivity contribution in [2.75, 3.05) is 12.9 Å². The SMILES string of the molecule is COc1ccc(COC(=O)C2=C(c3ccccc3)CS[C@@H]3[C@H](/N=C/c4ccc([N+](=O)[O-])cc4)C(=O)N23)cc1. The zero-order chi connectivity index (χ0) is 26.6. The minimum Gasteiger partial charge on any atom is -0.497 e. The van der Waals surface area contributed by atoms with Crippen molar-refractivity contribution in [2.45, 2.75) is 18.0 Å². The normalized spacial score (nSPS) is 18.7. The van der Waals surface area contributed by atoms with E-state index in [9.17, 15) is 19.7 Å². The minimum absolute atomic E-state index is 0.0211. The summed E-state index contributed by atoms with van der Waals surface area (Å²) in [6, 6.07) is 21.9. The molecule has 2 aliphatic rings. The summed E-state index contributed by atoms with van der Waals surface area (Å²) in [4.78, 5) is 43.0. The van der Waals surface area contributed by atoms with Gasteiger partial charge in [0.25, 0.3) is 11.6 Å². The number of nitro benzene ring substituents is 1. The molecule has 0 N–H and O–H groups in total.